The lowest BCUT2D eigenvalue weighted by molar-refractivity contribution is 0.405. The largest absolute Gasteiger partial charge is 0.496 e. The Morgan fingerprint density at radius 1 is 1.16 bits per heavy atom. The van der Waals surface area contributed by atoms with E-state index < -0.39 is 5.82 Å². The predicted molar refractivity (Wildman–Crippen MR) is 135 cm³/mol. The molecule has 0 aliphatic heterocycles. The fraction of sp³-hybridized carbons (Fsp3) is 0.375. The van der Waals surface area contributed by atoms with E-state index in [2.05, 4.69) is 10.0 Å². The monoisotopic (exact) mass is 491 g/mol. The second-order valence-electron chi connectivity index (χ2n) is 7.93. The Bertz CT molecular complexity index is 1050. The van der Waals surface area contributed by atoms with Gasteiger partial charge in [0.15, 0.2) is 5.13 Å². The van der Waals surface area contributed by atoms with Gasteiger partial charge in [0.1, 0.15) is 11.6 Å². The van der Waals surface area contributed by atoms with Crippen LogP contribution in [0.3, 0.4) is 0 Å². The SMILES string of the molecule is COc1ccc(-c2sc(NC3CCCCCC3)nc2C)cc1SNc1c(F)cccc1Cl. The van der Waals surface area contributed by atoms with Crippen molar-refractivity contribution in [2.75, 3.05) is 17.1 Å². The van der Waals surface area contributed by atoms with Crippen molar-refractivity contribution in [1.29, 1.82) is 0 Å². The number of anilines is 2. The van der Waals surface area contributed by atoms with Gasteiger partial charge in [-0.15, -0.1) is 0 Å². The van der Waals surface area contributed by atoms with Crippen LogP contribution in [0.15, 0.2) is 41.3 Å². The lowest BCUT2D eigenvalue weighted by Crippen LogP contribution is -2.17. The van der Waals surface area contributed by atoms with Crippen molar-refractivity contribution in [3.8, 4) is 16.2 Å². The van der Waals surface area contributed by atoms with Gasteiger partial charge in [0.25, 0.3) is 0 Å². The maximum Gasteiger partial charge on any atom is 0.183 e. The molecule has 0 radical (unpaired) electrons. The molecule has 8 heteroatoms. The molecule has 4 nitrogen and oxygen atoms in total. The first-order valence-corrected chi connectivity index (χ1v) is 12.9. The van der Waals surface area contributed by atoms with Crippen molar-refractivity contribution in [1.82, 2.24) is 4.98 Å². The van der Waals surface area contributed by atoms with Gasteiger partial charge in [0, 0.05) is 6.04 Å². The second-order valence-corrected chi connectivity index (χ2v) is 10.2. The number of benzene rings is 2. The van der Waals surface area contributed by atoms with Gasteiger partial charge in [-0.25, -0.2) is 9.37 Å². The van der Waals surface area contributed by atoms with Crippen LogP contribution in [0.4, 0.5) is 15.2 Å². The molecule has 1 aliphatic carbocycles. The zero-order valence-corrected chi connectivity index (χ0v) is 20.6. The van der Waals surface area contributed by atoms with Crippen LogP contribution in [0.5, 0.6) is 5.75 Å². The quantitative estimate of drug-likeness (QED) is 0.258. The lowest BCUT2D eigenvalue weighted by Gasteiger charge is -2.14. The number of aryl methyl sites for hydroxylation is 1. The van der Waals surface area contributed by atoms with Gasteiger partial charge in [-0.3, -0.25) is 0 Å². The maximum absolute atomic E-state index is 14.1. The van der Waals surface area contributed by atoms with Crippen molar-refractivity contribution in [2.45, 2.75) is 56.4 Å². The summed E-state index contributed by atoms with van der Waals surface area (Å²) in [7, 11) is 1.63. The molecule has 2 N–H and O–H groups in total. The number of para-hydroxylation sites is 1. The molecule has 3 aromatic rings. The summed E-state index contributed by atoms with van der Waals surface area (Å²) in [6.45, 7) is 2.04. The van der Waals surface area contributed by atoms with E-state index in [1.807, 2.05) is 25.1 Å². The molecule has 1 heterocycles. The van der Waals surface area contributed by atoms with Gasteiger partial charge in [-0.2, -0.15) is 0 Å². The van der Waals surface area contributed by atoms with Gasteiger partial charge < -0.3 is 14.8 Å². The molecule has 170 valence electrons. The molecular formula is C24H27ClFN3OS2. The molecule has 0 atom stereocenters. The first kappa shape index (κ1) is 23.2. The molecule has 0 bridgehead atoms. The average Bonchev–Trinajstić information content (AvgIpc) is 2.96. The number of thiazole rings is 1. The van der Waals surface area contributed by atoms with Crippen LogP contribution in [-0.2, 0) is 0 Å². The Morgan fingerprint density at radius 3 is 2.66 bits per heavy atom. The fourth-order valence-electron chi connectivity index (χ4n) is 3.92. The minimum atomic E-state index is -0.396. The van der Waals surface area contributed by atoms with E-state index in [9.17, 15) is 4.39 Å². The summed E-state index contributed by atoms with van der Waals surface area (Å²) in [6.07, 6.45) is 7.65. The highest BCUT2D eigenvalue weighted by Gasteiger charge is 2.17. The summed E-state index contributed by atoms with van der Waals surface area (Å²) in [5.74, 6) is 0.310. The van der Waals surface area contributed by atoms with Gasteiger partial charge in [0.05, 0.1) is 33.3 Å². The third kappa shape index (κ3) is 5.50. The minimum Gasteiger partial charge on any atom is -0.496 e. The predicted octanol–water partition coefficient (Wildman–Crippen LogP) is 8.17. The minimum absolute atomic E-state index is 0.260. The van der Waals surface area contributed by atoms with Crippen molar-refractivity contribution < 1.29 is 9.13 Å². The molecule has 0 saturated heterocycles. The van der Waals surface area contributed by atoms with E-state index in [0.29, 0.717) is 16.8 Å². The number of ether oxygens (including phenoxy) is 1. The van der Waals surface area contributed by atoms with Crippen LogP contribution in [0.2, 0.25) is 5.02 Å². The average molecular weight is 492 g/mol. The fourth-order valence-corrected chi connectivity index (χ4v) is 6.09. The van der Waals surface area contributed by atoms with Crippen molar-refractivity contribution >= 4 is 45.7 Å². The summed E-state index contributed by atoms with van der Waals surface area (Å²) >= 11 is 9.10. The first-order chi connectivity index (χ1) is 15.5. The summed E-state index contributed by atoms with van der Waals surface area (Å²) in [5.41, 5.74) is 2.31. The smallest absolute Gasteiger partial charge is 0.183 e. The first-order valence-electron chi connectivity index (χ1n) is 10.8. The van der Waals surface area contributed by atoms with Crippen LogP contribution < -0.4 is 14.8 Å². The molecule has 0 amide bonds. The number of rotatable bonds is 7. The molecule has 0 spiro atoms. The number of nitrogens with zero attached hydrogens (tertiary/aromatic N) is 1. The van der Waals surface area contributed by atoms with Crippen molar-refractivity contribution in [2.24, 2.45) is 0 Å². The summed E-state index contributed by atoms with van der Waals surface area (Å²) < 4.78 is 22.7. The van der Waals surface area contributed by atoms with Crippen molar-refractivity contribution in [3.63, 3.8) is 0 Å². The van der Waals surface area contributed by atoms with Gasteiger partial charge in [0.2, 0.25) is 0 Å². The highest BCUT2D eigenvalue weighted by atomic mass is 35.5. The third-order valence-electron chi connectivity index (χ3n) is 5.63. The molecule has 1 saturated carbocycles. The Balaban J connectivity index is 1.54. The highest BCUT2D eigenvalue weighted by molar-refractivity contribution is 8.00. The number of methoxy groups -OCH3 is 1. The molecule has 0 unspecified atom stereocenters. The van der Waals surface area contributed by atoms with Crippen LogP contribution in [0.1, 0.15) is 44.2 Å². The van der Waals surface area contributed by atoms with Crippen molar-refractivity contribution in [3.05, 3.63) is 52.9 Å². The standard InChI is InChI=1S/C24H27ClFN3OS2/c1-15-23(31-24(27-15)28-17-8-5-3-4-6-9-17)16-12-13-20(30-2)21(14-16)32-29-22-18(25)10-7-11-19(22)26/h7,10-14,17,29H,3-6,8-9H2,1-2H3,(H,27,28). The van der Waals surface area contributed by atoms with Crippen LogP contribution in [-0.4, -0.2) is 18.1 Å². The number of halogens is 2. The van der Waals surface area contributed by atoms with Gasteiger partial charge in [-0.1, -0.05) is 54.7 Å². The Hall–Kier alpha value is -1.96. The normalized spacial score (nSPS) is 14.8. The zero-order valence-electron chi connectivity index (χ0n) is 18.2. The van der Waals surface area contributed by atoms with Gasteiger partial charge in [-0.05, 0) is 67.6 Å². The Labute approximate surface area is 202 Å². The molecule has 1 fully saturated rings. The number of hydrogen-bond donors (Lipinski definition) is 2. The summed E-state index contributed by atoms with van der Waals surface area (Å²) in [6, 6.07) is 11.1. The number of hydrogen-bond acceptors (Lipinski definition) is 6. The van der Waals surface area contributed by atoms with Gasteiger partial charge >= 0.3 is 0 Å². The molecular weight excluding hydrogens is 465 g/mol. The Kier molecular flexibility index (Phi) is 7.81. The molecule has 1 aromatic heterocycles. The van der Waals surface area contributed by atoms with E-state index in [4.69, 9.17) is 21.3 Å². The highest BCUT2D eigenvalue weighted by Crippen LogP contribution is 2.40. The van der Waals surface area contributed by atoms with E-state index in [0.717, 1.165) is 26.2 Å². The maximum atomic E-state index is 14.1. The van der Waals surface area contributed by atoms with E-state index in [1.165, 1.54) is 56.5 Å². The van der Waals surface area contributed by atoms with E-state index in [1.54, 1.807) is 30.6 Å². The molecule has 32 heavy (non-hydrogen) atoms. The van der Waals surface area contributed by atoms with Crippen LogP contribution in [0, 0.1) is 12.7 Å². The Morgan fingerprint density at radius 2 is 1.94 bits per heavy atom. The topological polar surface area (TPSA) is 46.2 Å². The summed E-state index contributed by atoms with van der Waals surface area (Å²) in [4.78, 5) is 6.75. The zero-order chi connectivity index (χ0) is 22.5. The van der Waals surface area contributed by atoms with Crippen LogP contribution >= 0.6 is 34.9 Å². The van der Waals surface area contributed by atoms with E-state index in [-0.39, 0.29) is 5.69 Å². The summed E-state index contributed by atoms with van der Waals surface area (Å²) in [5, 5.41) is 4.97. The third-order valence-corrected chi connectivity index (χ3v) is 7.93. The molecule has 2 aromatic carbocycles. The molecule has 4 rings (SSSR count). The van der Waals surface area contributed by atoms with Crippen LogP contribution in [0.25, 0.3) is 10.4 Å². The lowest BCUT2D eigenvalue weighted by atomic mass is 10.1. The van der Waals surface area contributed by atoms with E-state index >= 15 is 0 Å². The number of aromatic nitrogens is 1. The second kappa shape index (κ2) is 10.8. The number of nitrogens with one attached hydrogen (secondary N) is 2. The molecule has 1 aliphatic rings.